The van der Waals surface area contributed by atoms with Crippen LogP contribution in [0.5, 0.6) is 0 Å². The predicted octanol–water partition coefficient (Wildman–Crippen LogP) is 0.414. The van der Waals surface area contributed by atoms with Gasteiger partial charge in [0.2, 0.25) is 0 Å². The minimum Gasteiger partial charge on any atom is -0.377 e. The van der Waals surface area contributed by atoms with Crippen molar-refractivity contribution in [3.63, 3.8) is 0 Å². The van der Waals surface area contributed by atoms with Crippen LogP contribution in [0.2, 0.25) is 0 Å². The summed E-state index contributed by atoms with van der Waals surface area (Å²) in [4.78, 5) is 0. The largest absolute Gasteiger partial charge is 0.377 e. The summed E-state index contributed by atoms with van der Waals surface area (Å²) >= 11 is 0. The maximum absolute atomic E-state index is 5.32. The third-order valence-electron chi connectivity index (χ3n) is 0.526. The lowest BCUT2D eigenvalue weighted by Gasteiger charge is -2.00. The standard InChI is InChI=1S/C5H12N2/c1-3-4-7-5(2)6/h3-5,7H,6H2,1-2H3/b4-3+/t5-/m1/s1. The summed E-state index contributed by atoms with van der Waals surface area (Å²) < 4.78 is 0. The highest BCUT2D eigenvalue weighted by Gasteiger charge is 1.79. The average molecular weight is 100 g/mol. The van der Waals surface area contributed by atoms with Gasteiger partial charge in [-0.05, 0) is 20.0 Å². The molecule has 0 aliphatic rings. The Hall–Kier alpha value is -0.500. The van der Waals surface area contributed by atoms with E-state index in [9.17, 15) is 0 Å². The van der Waals surface area contributed by atoms with Crippen molar-refractivity contribution in [2.24, 2.45) is 5.73 Å². The zero-order chi connectivity index (χ0) is 5.70. The molecule has 0 aliphatic heterocycles. The van der Waals surface area contributed by atoms with Crippen molar-refractivity contribution >= 4 is 0 Å². The topological polar surface area (TPSA) is 38.0 Å². The maximum atomic E-state index is 5.32. The molecule has 0 aromatic heterocycles. The molecule has 1 atom stereocenters. The molecular formula is C5H12N2. The molecule has 0 amide bonds. The molecule has 0 aromatic carbocycles. The fourth-order valence-electron chi connectivity index (χ4n) is 0.248. The van der Waals surface area contributed by atoms with E-state index < -0.39 is 0 Å². The van der Waals surface area contributed by atoms with Crippen LogP contribution in [0, 0.1) is 0 Å². The Bertz CT molecular complexity index is 57.1. The van der Waals surface area contributed by atoms with Crippen LogP contribution in [0.1, 0.15) is 13.8 Å². The van der Waals surface area contributed by atoms with Gasteiger partial charge in [0.15, 0.2) is 0 Å². The minimum atomic E-state index is 0.0659. The first-order chi connectivity index (χ1) is 3.27. The van der Waals surface area contributed by atoms with Crippen molar-refractivity contribution in [3.8, 4) is 0 Å². The van der Waals surface area contributed by atoms with Gasteiger partial charge in [0.05, 0.1) is 6.17 Å². The lowest BCUT2D eigenvalue weighted by atomic mass is 10.6. The van der Waals surface area contributed by atoms with Crippen LogP contribution in [-0.2, 0) is 0 Å². The average Bonchev–Trinajstić information content (AvgIpc) is 1.61. The van der Waals surface area contributed by atoms with Gasteiger partial charge in [-0.1, -0.05) is 6.08 Å². The van der Waals surface area contributed by atoms with Crippen molar-refractivity contribution in [2.75, 3.05) is 0 Å². The number of nitrogens with one attached hydrogen (secondary N) is 1. The molecule has 0 saturated heterocycles. The smallest absolute Gasteiger partial charge is 0.0709 e. The summed E-state index contributed by atoms with van der Waals surface area (Å²) in [6, 6.07) is 0. The zero-order valence-electron chi connectivity index (χ0n) is 4.81. The van der Waals surface area contributed by atoms with E-state index >= 15 is 0 Å². The van der Waals surface area contributed by atoms with Crippen LogP contribution in [-0.4, -0.2) is 6.17 Å². The third-order valence-corrected chi connectivity index (χ3v) is 0.526. The van der Waals surface area contributed by atoms with Gasteiger partial charge in [-0.3, -0.25) is 0 Å². The van der Waals surface area contributed by atoms with Crippen molar-refractivity contribution in [3.05, 3.63) is 12.3 Å². The second-order valence-electron chi connectivity index (χ2n) is 1.46. The number of hydrogen-bond acceptors (Lipinski definition) is 2. The van der Waals surface area contributed by atoms with Crippen LogP contribution in [0.15, 0.2) is 12.3 Å². The van der Waals surface area contributed by atoms with Crippen LogP contribution < -0.4 is 11.1 Å². The second-order valence-corrected chi connectivity index (χ2v) is 1.46. The maximum Gasteiger partial charge on any atom is 0.0709 e. The molecule has 0 aromatic rings. The molecule has 0 saturated carbocycles. The van der Waals surface area contributed by atoms with Gasteiger partial charge < -0.3 is 11.1 Å². The Balaban J connectivity index is 2.97. The SMILES string of the molecule is C/C=C/N[C@H](C)N. The van der Waals surface area contributed by atoms with E-state index in [2.05, 4.69) is 5.32 Å². The van der Waals surface area contributed by atoms with Crippen LogP contribution in [0.3, 0.4) is 0 Å². The summed E-state index contributed by atoms with van der Waals surface area (Å²) in [7, 11) is 0. The molecule has 7 heavy (non-hydrogen) atoms. The van der Waals surface area contributed by atoms with Gasteiger partial charge in [0, 0.05) is 0 Å². The minimum absolute atomic E-state index is 0.0659. The van der Waals surface area contributed by atoms with Crippen LogP contribution >= 0.6 is 0 Å². The van der Waals surface area contributed by atoms with Gasteiger partial charge >= 0.3 is 0 Å². The van der Waals surface area contributed by atoms with Crippen LogP contribution in [0.25, 0.3) is 0 Å². The van der Waals surface area contributed by atoms with Crippen molar-refractivity contribution < 1.29 is 0 Å². The molecule has 0 unspecified atom stereocenters. The quantitative estimate of drug-likeness (QED) is 0.493. The fraction of sp³-hybridized carbons (Fsp3) is 0.600. The normalized spacial score (nSPS) is 14.7. The van der Waals surface area contributed by atoms with E-state index in [-0.39, 0.29) is 6.17 Å². The predicted molar refractivity (Wildman–Crippen MR) is 31.6 cm³/mol. The van der Waals surface area contributed by atoms with E-state index in [0.717, 1.165) is 0 Å². The number of hydrogen-bond donors (Lipinski definition) is 2. The van der Waals surface area contributed by atoms with E-state index in [4.69, 9.17) is 5.73 Å². The van der Waals surface area contributed by atoms with Crippen molar-refractivity contribution in [1.82, 2.24) is 5.32 Å². The van der Waals surface area contributed by atoms with Crippen molar-refractivity contribution in [2.45, 2.75) is 20.0 Å². The summed E-state index contributed by atoms with van der Waals surface area (Å²) in [6.45, 7) is 3.83. The Labute approximate surface area is 44.4 Å². The van der Waals surface area contributed by atoms with Crippen molar-refractivity contribution in [1.29, 1.82) is 0 Å². The lowest BCUT2D eigenvalue weighted by molar-refractivity contribution is 0.670. The molecule has 3 N–H and O–H groups in total. The van der Waals surface area contributed by atoms with Gasteiger partial charge in [-0.15, -0.1) is 0 Å². The molecular weight excluding hydrogens is 88.1 g/mol. The number of nitrogens with two attached hydrogens (primary N) is 1. The molecule has 0 fully saturated rings. The zero-order valence-corrected chi connectivity index (χ0v) is 4.81. The highest BCUT2D eigenvalue weighted by Crippen LogP contribution is 1.65. The highest BCUT2D eigenvalue weighted by molar-refractivity contribution is 4.74. The molecule has 2 heteroatoms. The molecule has 0 aliphatic carbocycles. The van der Waals surface area contributed by atoms with E-state index in [1.807, 2.05) is 26.1 Å². The third kappa shape index (κ3) is 5.50. The van der Waals surface area contributed by atoms with E-state index in [1.165, 1.54) is 0 Å². The molecule has 0 heterocycles. The first-order valence-electron chi connectivity index (χ1n) is 2.40. The molecule has 0 radical (unpaired) electrons. The Morgan fingerprint density at radius 2 is 2.29 bits per heavy atom. The summed E-state index contributed by atoms with van der Waals surface area (Å²) in [5, 5.41) is 2.89. The molecule has 0 bridgehead atoms. The molecule has 0 rings (SSSR count). The van der Waals surface area contributed by atoms with Gasteiger partial charge in [-0.2, -0.15) is 0 Å². The van der Waals surface area contributed by atoms with Gasteiger partial charge in [-0.25, -0.2) is 0 Å². The summed E-state index contributed by atoms with van der Waals surface area (Å²) in [6.07, 6.45) is 3.80. The summed E-state index contributed by atoms with van der Waals surface area (Å²) in [5.41, 5.74) is 5.32. The first kappa shape index (κ1) is 6.50. The molecule has 42 valence electrons. The highest BCUT2D eigenvalue weighted by atomic mass is 15.0. The molecule has 0 spiro atoms. The fourth-order valence-corrected chi connectivity index (χ4v) is 0.248. The van der Waals surface area contributed by atoms with Gasteiger partial charge in [0.1, 0.15) is 0 Å². The number of allylic oxidation sites excluding steroid dienone is 1. The van der Waals surface area contributed by atoms with E-state index in [1.54, 1.807) is 0 Å². The Kier molecular flexibility index (Phi) is 3.42. The van der Waals surface area contributed by atoms with Gasteiger partial charge in [0.25, 0.3) is 0 Å². The Morgan fingerprint density at radius 3 is 2.43 bits per heavy atom. The molecule has 2 nitrogen and oxygen atoms in total. The van der Waals surface area contributed by atoms with Crippen LogP contribution in [0.4, 0.5) is 0 Å². The number of rotatable bonds is 2. The monoisotopic (exact) mass is 100 g/mol. The Morgan fingerprint density at radius 1 is 1.71 bits per heavy atom. The second kappa shape index (κ2) is 3.68. The first-order valence-corrected chi connectivity index (χ1v) is 2.40. The summed E-state index contributed by atoms with van der Waals surface area (Å²) in [5.74, 6) is 0. The lowest BCUT2D eigenvalue weighted by Crippen LogP contribution is -2.29. The van der Waals surface area contributed by atoms with E-state index in [0.29, 0.717) is 0 Å².